The summed E-state index contributed by atoms with van der Waals surface area (Å²) in [6.45, 7) is 2.58. The Bertz CT molecular complexity index is 617. The minimum Gasteiger partial charge on any atom is -0.480 e. The Morgan fingerprint density at radius 2 is 1.76 bits per heavy atom. The minimum absolute atomic E-state index is 0.0186. The first kappa shape index (κ1) is 20.1. The predicted molar refractivity (Wildman–Crippen MR) is 86.1 cm³/mol. The van der Waals surface area contributed by atoms with E-state index in [4.69, 9.17) is 5.73 Å². The van der Waals surface area contributed by atoms with Gasteiger partial charge in [0.2, 0.25) is 17.7 Å². The molecule has 0 aliphatic carbocycles. The number of H-pyrrole nitrogens is 1. The predicted octanol–water partition coefficient (Wildman–Crippen LogP) is -2.51. The van der Waals surface area contributed by atoms with E-state index in [2.05, 4.69) is 25.9 Å². The first-order valence-electron chi connectivity index (χ1n) is 7.54. The van der Waals surface area contributed by atoms with E-state index in [0.717, 1.165) is 0 Å². The van der Waals surface area contributed by atoms with Crippen molar-refractivity contribution in [3.63, 3.8) is 0 Å². The molecule has 0 aliphatic heterocycles. The molecular weight excluding hydrogens is 332 g/mol. The maximum absolute atomic E-state index is 12.1. The van der Waals surface area contributed by atoms with Crippen molar-refractivity contribution in [3.8, 4) is 0 Å². The number of carbonyl (C=O) groups excluding carboxylic acids is 3. The van der Waals surface area contributed by atoms with Crippen LogP contribution in [0.15, 0.2) is 12.5 Å². The highest BCUT2D eigenvalue weighted by molar-refractivity contribution is 5.93. The van der Waals surface area contributed by atoms with E-state index in [1.807, 2.05) is 0 Å². The Labute approximate surface area is 143 Å². The number of aliphatic carboxylic acids is 1. The quantitative estimate of drug-likeness (QED) is 0.283. The molecule has 0 bridgehead atoms. The summed E-state index contributed by atoms with van der Waals surface area (Å²) >= 11 is 0. The molecule has 1 heterocycles. The number of carboxylic acids is 1. The van der Waals surface area contributed by atoms with Gasteiger partial charge in [-0.25, -0.2) is 9.78 Å². The number of aromatic nitrogens is 2. The highest BCUT2D eigenvalue weighted by atomic mass is 16.4. The molecule has 25 heavy (non-hydrogen) atoms. The number of imidazole rings is 1. The summed E-state index contributed by atoms with van der Waals surface area (Å²) in [6.07, 6.45) is 2.87. The van der Waals surface area contributed by atoms with Crippen LogP contribution in [0.5, 0.6) is 0 Å². The normalized spacial score (nSPS) is 14.0. The van der Waals surface area contributed by atoms with Gasteiger partial charge in [-0.3, -0.25) is 14.4 Å². The van der Waals surface area contributed by atoms with Crippen molar-refractivity contribution in [3.05, 3.63) is 18.2 Å². The van der Waals surface area contributed by atoms with Crippen molar-refractivity contribution in [2.24, 2.45) is 5.73 Å². The summed E-state index contributed by atoms with van der Waals surface area (Å²) in [5.74, 6) is -2.99. The molecule has 1 rings (SSSR count). The Balaban J connectivity index is 2.57. The fourth-order valence-electron chi connectivity index (χ4n) is 1.88. The number of hydrogen-bond donors (Lipinski definition) is 6. The van der Waals surface area contributed by atoms with E-state index < -0.39 is 41.8 Å². The summed E-state index contributed by atoms with van der Waals surface area (Å²) in [4.78, 5) is 53.0. The van der Waals surface area contributed by atoms with Crippen LogP contribution in [0, 0.1) is 0 Å². The van der Waals surface area contributed by atoms with Gasteiger partial charge in [0.1, 0.15) is 18.1 Å². The Morgan fingerprint density at radius 3 is 2.28 bits per heavy atom. The van der Waals surface area contributed by atoms with E-state index in [1.165, 1.54) is 26.4 Å². The molecule has 1 aromatic heterocycles. The van der Waals surface area contributed by atoms with Gasteiger partial charge in [0.25, 0.3) is 0 Å². The van der Waals surface area contributed by atoms with Crippen LogP contribution in [0.4, 0.5) is 0 Å². The third-order valence-corrected chi connectivity index (χ3v) is 3.30. The second kappa shape index (κ2) is 9.37. The van der Waals surface area contributed by atoms with Crippen molar-refractivity contribution in [2.45, 2.75) is 38.4 Å². The number of hydrogen-bond acceptors (Lipinski definition) is 6. The second-order valence-electron chi connectivity index (χ2n) is 5.40. The number of nitrogens with two attached hydrogens (primary N) is 1. The van der Waals surface area contributed by atoms with Crippen molar-refractivity contribution < 1.29 is 24.3 Å². The summed E-state index contributed by atoms with van der Waals surface area (Å²) < 4.78 is 0. The van der Waals surface area contributed by atoms with Crippen molar-refractivity contribution in [1.82, 2.24) is 25.9 Å². The van der Waals surface area contributed by atoms with Gasteiger partial charge in [-0.2, -0.15) is 0 Å². The van der Waals surface area contributed by atoms with E-state index in [-0.39, 0.29) is 13.0 Å². The molecule has 0 fully saturated rings. The van der Waals surface area contributed by atoms with Gasteiger partial charge in [0, 0.05) is 18.3 Å². The van der Waals surface area contributed by atoms with E-state index in [1.54, 1.807) is 0 Å². The lowest BCUT2D eigenvalue weighted by Gasteiger charge is -2.20. The summed E-state index contributed by atoms with van der Waals surface area (Å²) in [7, 11) is 0. The molecule has 1 aromatic rings. The standard InChI is InChI=1S/C14H22N6O5/c1-7(18-11(21)4-15)12(22)19-8(2)13(23)20-10(14(24)25)3-9-5-16-6-17-9/h5-8,10H,3-4,15H2,1-2H3,(H,16,17)(H,18,21)(H,19,22)(H,20,23)(H,24,25). The third-order valence-electron chi connectivity index (χ3n) is 3.30. The first-order valence-corrected chi connectivity index (χ1v) is 7.54. The number of nitrogens with one attached hydrogen (secondary N) is 4. The zero-order valence-electron chi connectivity index (χ0n) is 13.9. The third kappa shape index (κ3) is 6.59. The number of amides is 3. The van der Waals surface area contributed by atoms with Gasteiger partial charge in [-0.1, -0.05) is 0 Å². The molecule has 138 valence electrons. The van der Waals surface area contributed by atoms with Gasteiger partial charge in [0.15, 0.2) is 0 Å². The maximum Gasteiger partial charge on any atom is 0.326 e. The molecule has 11 nitrogen and oxygen atoms in total. The number of nitrogens with zero attached hydrogens (tertiary/aromatic N) is 1. The number of rotatable bonds is 9. The Hall–Kier alpha value is -2.95. The molecule has 3 unspecified atom stereocenters. The fraction of sp³-hybridized carbons (Fsp3) is 0.500. The smallest absolute Gasteiger partial charge is 0.326 e. The lowest BCUT2D eigenvalue weighted by Crippen LogP contribution is -2.54. The van der Waals surface area contributed by atoms with Crippen molar-refractivity contribution >= 4 is 23.7 Å². The zero-order chi connectivity index (χ0) is 19.0. The lowest BCUT2D eigenvalue weighted by molar-refractivity contribution is -0.142. The SMILES string of the molecule is CC(NC(=O)CN)C(=O)NC(C)C(=O)NC(Cc1cnc[nH]1)C(=O)O. The molecule has 0 aliphatic rings. The van der Waals surface area contributed by atoms with E-state index in [9.17, 15) is 24.3 Å². The lowest BCUT2D eigenvalue weighted by atomic mass is 10.1. The highest BCUT2D eigenvalue weighted by Crippen LogP contribution is 2.00. The van der Waals surface area contributed by atoms with Crippen LogP contribution in [0.1, 0.15) is 19.5 Å². The van der Waals surface area contributed by atoms with Crippen LogP contribution < -0.4 is 21.7 Å². The summed E-state index contributed by atoms with van der Waals surface area (Å²) in [5.41, 5.74) is 5.68. The van der Waals surface area contributed by atoms with Crippen LogP contribution in [0.2, 0.25) is 0 Å². The summed E-state index contributed by atoms with van der Waals surface area (Å²) in [5, 5.41) is 16.3. The van der Waals surface area contributed by atoms with Crippen LogP contribution in [0.25, 0.3) is 0 Å². The fourth-order valence-corrected chi connectivity index (χ4v) is 1.88. The zero-order valence-corrected chi connectivity index (χ0v) is 13.9. The minimum atomic E-state index is -1.22. The van der Waals surface area contributed by atoms with E-state index in [0.29, 0.717) is 5.69 Å². The molecule has 3 atom stereocenters. The van der Waals surface area contributed by atoms with Gasteiger partial charge in [-0.15, -0.1) is 0 Å². The molecule has 3 amide bonds. The largest absolute Gasteiger partial charge is 0.480 e. The molecule has 7 N–H and O–H groups in total. The molecule has 0 radical (unpaired) electrons. The van der Waals surface area contributed by atoms with Gasteiger partial charge in [-0.05, 0) is 13.8 Å². The van der Waals surface area contributed by atoms with Crippen LogP contribution in [-0.2, 0) is 25.6 Å². The summed E-state index contributed by atoms with van der Waals surface area (Å²) in [6, 6.07) is -3.05. The van der Waals surface area contributed by atoms with Crippen LogP contribution in [-0.4, -0.2) is 63.4 Å². The van der Waals surface area contributed by atoms with Crippen LogP contribution in [0.3, 0.4) is 0 Å². The van der Waals surface area contributed by atoms with Crippen molar-refractivity contribution in [2.75, 3.05) is 6.54 Å². The molecule has 0 aromatic carbocycles. The molecular formula is C14H22N6O5. The molecule has 11 heteroatoms. The maximum atomic E-state index is 12.1. The number of aromatic amines is 1. The number of carbonyl (C=O) groups is 4. The van der Waals surface area contributed by atoms with Gasteiger partial charge >= 0.3 is 5.97 Å². The average molecular weight is 354 g/mol. The Kier molecular flexibility index (Phi) is 7.53. The molecule has 0 saturated carbocycles. The van der Waals surface area contributed by atoms with Crippen molar-refractivity contribution in [1.29, 1.82) is 0 Å². The second-order valence-corrected chi connectivity index (χ2v) is 5.40. The number of carboxylic acid groups (broad SMARTS) is 1. The van der Waals surface area contributed by atoms with E-state index >= 15 is 0 Å². The molecule has 0 saturated heterocycles. The highest BCUT2D eigenvalue weighted by Gasteiger charge is 2.26. The van der Waals surface area contributed by atoms with Gasteiger partial charge in [0.05, 0.1) is 12.9 Å². The first-order chi connectivity index (χ1) is 11.7. The monoisotopic (exact) mass is 354 g/mol. The van der Waals surface area contributed by atoms with Crippen LogP contribution >= 0.6 is 0 Å². The Morgan fingerprint density at radius 1 is 1.16 bits per heavy atom. The topological polar surface area (TPSA) is 179 Å². The average Bonchev–Trinajstić information content (AvgIpc) is 3.06. The molecule has 0 spiro atoms. The van der Waals surface area contributed by atoms with Gasteiger partial charge < -0.3 is 31.8 Å².